The molecule has 38 heavy (non-hydrogen) atoms. The number of halogens is 1. The number of sulfonamides is 1. The molecule has 0 aromatic heterocycles. The van der Waals surface area contributed by atoms with Crippen LogP contribution >= 0.6 is 22.6 Å². The van der Waals surface area contributed by atoms with Crippen LogP contribution < -0.4 is 9.62 Å². The summed E-state index contributed by atoms with van der Waals surface area (Å²) in [7, 11) is -4.05. The van der Waals surface area contributed by atoms with Gasteiger partial charge in [0.2, 0.25) is 11.8 Å². The fourth-order valence-corrected chi connectivity index (χ4v) is 5.66. The van der Waals surface area contributed by atoms with Crippen LogP contribution in [0.4, 0.5) is 5.69 Å². The van der Waals surface area contributed by atoms with Gasteiger partial charge in [0, 0.05) is 16.7 Å². The van der Waals surface area contributed by atoms with Crippen molar-refractivity contribution in [2.75, 3.05) is 17.4 Å². The number of aryl methyl sites for hydroxylation is 1. The maximum absolute atomic E-state index is 13.9. The lowest BCUT2D eigenvalue weighted by atomic mass is 10.1. The summed E-state index contributed by atoms with van der Waals surface area (Å²) in [5.74, 6) is -0.743. The van der Waals surface area contributed by atoms with Gasteiger partial charge in [0.15, 0.2) is 0 Å². The highest BCUT2D eigenvalue weighted by atomic mass is 127. The average molecular weight is 648 g/mol. The molecule has 0 saturated carbocycles. The molecule has 0 aliphatic carbocycles. The molecule has 3 rings (SSSR count). The van der Waals surface area contributed by atoms with Crippen molar-refractivity contribution < 1.29 is 18.0 Å². The van der Waals surface area contributed by atoms with Crippen LogP contribution in [-0.2, 0) is 26.2 Å². The first kappa shape index (κ1) is 29.6. The number of carbonyl (C=O) groups is 2. The lowest BCUT2D eigenvalue weighted by Crippen LogP contribution is -2.51. The van der Waals surface area contributed by atoms with Gasteiger partial charge in [0.25, 0.3) is 10.0 Å². The van der Waals surface area contributed by atoms with E-state index in [-0.39, 0.29) is 17.3 Å². The molecule has 1 N–H and O–H groups in total. The van der Waals surface area contributed by atoms with Gasteiger partial charge in [-0.05, 0) is 84.8 Å². The molecule has 0 aliphatic heterocycles. The lowest BCUT2D eigenvalue weighted by molar-refractivity contribution is -0.139. The van der Waals surface area contributed by atoms with E-state index in [1.54, 1.807) is 49.4 Å². The van der Waals surface area contributed by atoms with Crippen LogP contribution in [0.5, 0.6) is 0 Å². The van der Waals surface area contributed by atoms with Crippen molar-refractivity contribution >= 4 is 50.1 Å². The first-order valence-electron chi connectivity index (χ1n) is 12.6. The number of amides is 2. The number of carbonyl (C=O) groups excluding carboxylic acids is 2. The number of nitrogens with zero attached hydrogens (tertiary/aromatic N) is 2. The highest BCUT2D eigenvalue weighted by Crippen LogP contribution is 2.25. The Morgan fingerprint density at radius 2 is 1.58 bits per heavy atom. The van der Waals surface area contributed by atoms with Crippen LogP contribution in [0.15, 0.2) is 83.8 Å². The van der Waals surface area contributed by atoms with Gasteiger partial charge in [0.05, 0.1) is 10.6 Å². The second-order valence-electron chi connectivity index (χ2n) is 9.13. The number of hydrogen-bond donors (Lipinski definition) is 1. The summed E-state index contributed by atoms with van der Waals surface area (Å²) in [6, 6.07) is 21.9. The Morgan fingerprint density at radius 1 is 0.947 bits per heavy atom. The van der Waals surface area contributed by atoms with E-state index in [1.165, 1.54) is 17.0 Å². The summed E-state index contributed by atoms with van der Waals surface area (Å²) in [4.78, 5) is 28.4. The quantitative estimate of drug-likeness (QED) is 0.218. The maximum Gasteiger partial charge on any atom is 0.264 e. The normalized spacial score (nSPS) is 12.0. The molecule has 0 aliphatic rings. The Bertz CT molecular complexity index is 1310. The van der Waals surface area contributed by atoms with Crippen molar-refractivity contribution in [3.63, 3.8) is 0 Å². The molecule has 7 nitrogen and oxygen atoms in total. The van der Waals surface area contributed by atoms with Gasteiger partial charge in [-0.25, -0.2) is 8.42 Å². The maximum atomic E-state index is 13.9. The van der Waals surface area contributed by atoms with Crippen LogP contribution in [0.25, 0.3) is 0 Å². The first-order chi connectivity index (χ1) is 18.1. The molecular weight excluding hydrogens is 613 g/mol. The van der Waals surface area contributed by atoms with E-state index in [0.717, 1.165) is 31.8 Å². The predicted octanol–water partition coefficient (Wildman–Crippen LogP) is 5.13. The summed E-state index contributed by atoms with van der Waals surface area (Å²) in [5.41, 5.74) is 2.30. The Balaban J connectivity index is 1.97. The van der Waals surface area contributed by atoms with Crippen molar-refractivity contribution in [2.45, 2.75) is 51.1 Å². The van der Waals surface area contributed by atoms with Crippen molar-refractivity contribution in [1.82, 2.24) is 10.2 Å². The predicted molar refractivity (Wildman–Crippen MR) is 159 cm³/mol. The SMILES string of the molecule is CCCCNC(=O)[C@@H](C)N(Cc1ccc(C)cc1)C(=O)CN(c1ccc(I)cc1)S(=O)(=O)c1ccccc1. The Hall–Kier alpha value is -2.92. The molecule has 3 aromatic carbocycles. The Kier molecular flexibility index (Phi) is 10.7. The topological polar surface area (TPSA) is 86.8 Å². The number of rotatable bonds is 12. The first-order valence-corrected chi connectivity index (χ1v) is 15.1. The molecule has 1 atom stereocenters. The largest absolute Gasteiger partial charge is 0.354 e. The molecule has 0 radical (unpaired) electrons. The number of unbranched alkanes of at least 4 members (excludes halogenated alkanes) is 1. The number of nitrogens with one attached hydrogen (secondary N) is 1. The van der Waals surface area contributed by atoms with Gasteiger partial charge < -0.3 is 10.2 Å². The molecule has 202 valence electrons. The van der Waals surface area contributed by atoms with E-state index in [4.69, 9.17) is 0 Å². The summed E-state index contributed by atoms with van der Waals surface area (Å²) in [6.45, 7) is 5.93. The van der Waals surface area contributed by atoms with Crippen LogP contribution in [-0.4, -0.2) is 44.3 Å². The minimum Gasteiger partial charge on any atom is -0.354 e. The summed E-state index contributed by atoms with van der Waals surface area (Å²) >= 11 is 2.14. The highest BCUT2D eigenvalue weighted by molar-refractivity contribution is 14.1. The third-order valence-corrected chi connectivity index (χ3v) is 8.70. The summed E-state index contributed by atoms with van der Waals surface area (Å²) < 4.78 is 29.5. The molecule has 0 bridgehead atoms. The Morgan fingerprint density at radius 3 is 2.18 bits per heavy atom. The fourth-order valence-electron chi connectivity index (χ4n) is 3.86. The molecule has 2 amide bonds. The Labute approximate surface area is 239 Å². The fraction of sp³-hybridized carbons (Fsp3) is 0.310. The highest BCUT2D eigenvalue weighted by Gasteiger charge is 2.32. The number of anilines is 1. The summed E-state index contributed by atoms with van der Waals surface area (Å²) in [6.07, 6.45) is 1.77. The van der Waals surface area contributed by atoms with Crippen LogP contribution in [0, 0.1) is 10.5 Å². The number of hydrogen-bond acceptors (Lipinski definition) is 4. The van der Waals surface area contributed by atoms with E-state index in [2.05, 4.69) is 27.9 Å². The van der Waals surface area contributed by atoms with Crippen LogP contribution in [0.3, 0.4) is 0 Å². The zero-order chi connectivity index (χ0) is 27.7. The van der Waals surface area contributed by atoms with Gasteiger partial charge in [-0.15, -0.1) is 0 Å². The minimum atomic E-state index is -4.05. The van der Waals surface area contributed by atoms with Crippen molar-refractivity contribution in [1.29, 1.82) is 0 Å². The molecular formula is C29H34IN3O4S. The van der Waals surface area contributed by atoms with Crippen LogP contribution in [0.2, 0.25) is 0 Å². The second kappa shape index (κ2) is 13.7. The third-order valence-electron chi connectivity index (χ3n) is 6.20. The number of benzene rings is 3. The van der Waals surface area contributed by atoms with Crippen molar-refractivity contribution in [2.24, 2.45) is 0 Å². The third kappa shape index (κ3) is 7.80. The molecule has 0 unspecified atom stereocenters. The smallest absolute Gasteiger partial charge is 0.264 e. The lowest BCUT2D eigenvalue weighted by Gasteiger charge is -2.32. The van der Waals surface area contributed by atoms with E-state index in [0.29, 0.717) is 12.2 Å². The second-order valence-corrected chi connectivity index (χ2v) is 12.2. The van der Waals surface area contributed by atoms with Crippen molar-refractivity contribution in [3.8, 4) is 0 Å². The zero-order valence-corrected chi connectivity index (χ0v) is 24.9. The average Bonchev–Trinajstić information content (AvgIpc) is 2.92. The van der Waals surface area contributed by atoms with Gasteiger partial charge >= 0.3 is 0 Å². The molecule has 3 aromatic rings. The van der Waals surface area contributed by atoms with Gasteiger partial charge in [-0.3, -0.25) is 13.9 Å². The van der Waals surface area contributed by atoms with Crippen LogP contribution in [0.1, 0.15) is 37.8 Å². The monoisotopic (exact) mass is 647 g/mol. The zero-order valence-electron chi connectivity index (χ0n) is 21.9. The van der Waals surface area contributed by atoms with E-state index >= 15 is 0 Å². The standard InChI is InChI=1S/C29H34IN3O4S/c1-4-5-19-31-29(35)23(3)32(20-24-13-11-22(2)12-14-24)28(34)21-33(26-17-15-25(30)16-18-26)38(36,37)27-9-7-6-8-10-27/h6-18,23H,4-5,19-21H2,1-3H3,(H,31,35)/t23-/m1/s1. The summed E-state index contributed by atoms with van der Waals surface area (Å²) in [5, 5.41) is 2.90. The molecule has 0 spiro atoms. The molecule has 9 heteroatoms. The van der Waals surface area contributed by atoms with E-state index < -0.39 is 28.5 Å². The van der Waals surface area contributed by atoms with E-state index in [9.17, 15) is 18.0 Å². The molecule has 0 heterocycles. The van der Waals surface area contributed by atoms with Gasteiger partial charge in [0.1, 0.15) is 12.6 Å². The minimum absolute atomic E-state index is 0.0850. The molecule has 0 saturated heterocycles. The molecule has 0 fully saturated rings. The van der Waals surface area contributed by atoms with Crippen molar-refractivity contribution in [3.05, 3.63) is 93.6 Å². The van der Waals surface area contributed by atoms with E-state index in [1.807, 2.05) is 38.1 Å². The van der Waals surface area contributed by atoms with Gasteiger partial charge in [-0.1, -0.05) is 61.4 Å². The van der Waals surface area contributed by atoms with Gasteiger partial charge in [-0.2, -0.15) is 0 Å².